The maximum absolute atomic E-state index is 12.7. The van der Waals surface area contributed by atoms with Crippen molar-refractivity contribution in [3.05, 3.63) is 69.5 Å². The van der Waals surface area contributed by atoms with Gasteiger partial charge in [-0.15, -0.1) is 0 Å². The van der Waals surface area contributed by atoms with Gasteiger partial charge >= 0.3 is 0 Å². The maximum Gasteiger partial charge on any atom is 0.211 e. The second-order valence-corrected chi connectivity index (χ2v) is 7.53. The summed E-state index contributed by atoms with van der Waals surface area (Å²) in [4.78, 5) is 15.2. The van der Waals surface area contributed by atoms with Crippen molar-refractivity contribution >= 4 is 32.3 Å². The third-order valence-electron chi connectivity index (χ3n) is 3.74. The highest BCUT2D eigenvalue weighted by molar-refractivity contribution is 7.91. The molecule has 0 atom stereocenters. The minimum Gasteiger partial charge on any atom is -0.360 e. The molecule has 0 amide bonds. The van der Waals surface area contributed by atoms with Gasteiger partial charge in [0, 0.05) is 22.1 Å². The van der Waals surface area contributed by atoms with Gasteiger partial charge in [-0.25, -0.2) is 8.42 Å². The molecule has 4 nitrogen and oxygen atoms in total. The van der Waals surface area contributed by atoms with Crippen LogP contribution in [0.3, 0.4) is 0 Å². The van der Waals surface area contributed by atoms with E-state index in [1.165, 1.54) is 24.4 Å². The Kier molecular flexibility index (Phi) is 4.00. The molecule has 0 saturated heterocycles. The summed E-state index contributed by atoms with van der Waals surface area (Å²) < 4.78 is 25.5. The minimum absolute atomic E-state index is 0.0987. The van der Waals surface area contributed by atoms with Gasteiger partial charge in [0.2, 0.25) is 15.3 Å². The molecule has 3 rings (SSSR count). The van der Waals surface area contributed by atoms with Crippen molar-refractivity contribution in [2.45, 2.75) is 23.1 Å². The Bertz CT molecular complexity index is 1040. The molecular formula is C17H14ClNO3S. The van der Waals surface area contributed by atoms with Crippen molar-refractivity contribution < 1.29 is 8.42 Å². The fourth-order valence-corrected chi connectivity index (χ4v) is 3.89. The zero-order chi connectivity index (χ0) is 16.6. The zero-order valence-electron chi connectivity index (χ0n) is 12.3. The molecule has 1 N–H and O–H groups in total. The standard InChI is InChI=1S/C17H14ClNO3S/c1-2-11-3-6-13(7-4-11)23(21,22)16-10-19-15-8-5-12(18)9-14(15)17(16)20/h3-10H,2H2,1H3,(H,19,20). The molecule has 6 heteroatoms. The van der Waals surface area contributed by atoms with Gasteiger partial charge in [-0.3, -0.25) is 4.79 Å². The Morgan fingerprint density at radius 1 is 1.09 bits per heavy atom. The van der Waals surface area contributed by atoms with E-state index < -0.39 is 15.3 Å². The van der Waals surface area contributed by atoms with Crippen LogP contribution < -0.4 is 5.43 Å². The summed E-state index contributed by atoms with van der Waals surface area (Å²) in [6.07, 6.45) is 2.05. The Hall–Kier alpha value is -2.11. The second kappa shape index (κ2) is 5.83. The van der Waals surface area contributed by atoms with Crippen molar-refractivity contribution in [1.82, 2.24) is 4.98 Å². The molecule has 0 aliphatic carbocycles. The molecule has 0 radical (unpaired) electrons. The number of nitrogens with one attached hydrogen (secondary N) is 1. The summed E-state index contributed by atoms with van der Waals surface area (Å²) in [5, 5.41) is 0.633. The van der Waals surface area contributed by atoms with Crippen LogP contribution in [0.25, 0.3) is 10.9 Å². The molecule has 2 aromatic carbocycles. The average molecular weight is 348 g/mol. The summed E-state index contributed by atoms with van der Waals surface area (Å²) in [5.41, 5.74) is 1.02. The fourth-order valence-electron chi connectivity index (χ4n) is 2.40. The van der Waals surface area contributed by atoms with Crippen LogP contribution in [0.4, 0.5) is 0 Å². The van der Waals surface area contributed by atoms with E-state index in [9.17, 15) is 13.2 Å². The molecule has 0 aliphatic heterocycles. The normalized spacial score (nSPS) is 11.7. The van der Waals surface area contributed by atoms with E-state index in [4.69, 9.17) is 11.6 Å². The lowest BCUT2D eigenvalue weighted by molar-refractivity contribution is 0.595. The van der Waals surface area contributed by atoms with Crippen molar-refractivity contribution in [2.24, 2.45) is 0 Å². The van der Waals surface area contributed by atoms with Gasteiger partial charge in [-0.2, -0.15) is 0 Å². The van der Waals surface area contributed by atoms with E-state index >= 15 is 0 Å². The summed E-state index contributed by atoms with van der Waals surface area (Å²) in [5.74, 6) is 0. The van der Waals surface area contributed by atoms with E-state index in [-0.39, 0.29) is 15.2 Å². The van der Waals surface area contributed by atoms with E-state index in [1.807, 2.05) is 6.92 Å². The van der Waals surface area contributed by atoms with Crippen molar-refractivity contribution in [3.63, 3.8) is 0 Å². The lowest BCUT2D eigenvalue weighted by Crippen LogP contribution is -2.16. The first-order valence-corrected chi connectivity index (χ1v) is 8.94. The minimum atomic E-state index is -3.89. The molecule has 0 bridgehead atoms. The summed E-state index contributed by atoms with van der Waals surface area (Å²) in [6, 6.07) is 11.3. The number of pyridine rings is 1. The van der Waals surface area contributed by atoms with Gasteiger partial charge in [-0.05, 0) is 42.3 Å². The van der Waals surface area contributed by atoms with Gasteiger partial charge in [0.1, 0.15) is 4.90 Å². The molecule has 0 fully saturated rings. The first-order chi connectivity index (χ1) is 10.9. The molecule has 0 unspecified atom stereocenters. The van der Waals surface area contributed by atoms with E-state index in [0.717, 1.165) is 12.0 Å². The lowest BCUT2D eigenvalue weighted by atomic mass is 10.2. The molecule has 0 saturated carbocycles. The Morgan fingerprint density at radius 3 is 2.43 bits per heavy atom. The Morgan fingerprint density at radius 2 is 1.78 bits per heavy atom. The first-order valence-electron chi connectivity index (χ1n) is 7.08. The van der Waals surface area contributed by atoms with E-state index in [0.29, 0.717) is 10.5 Å². The number of fused-ring (bicyclic) bond motifs is 1. The summed E-state index contributed by atoms with van der Waals surface area (Å²) in [7, 11) is -3.89. The number of aryl methyl sites for hydroxylation is 1. The number of aromatic nitrogens is 1. The largest absolute Gasteiger partial charge is 0.360 e. The SMILES string of the molecule is CCc1ccc(S(=O)(=O)c2c[nH]c3ccc(Cl)cc3c2=O)cc1. The monoisotopic (exact) mass is 347 g/mol. The van der Waals surface area contributed by atoms with Gasteiger partial charge in [0.25, 0.3) is 0 Å². The molecule has 23 heavy (non-hydrogen) atoms. The highest BCUT2D eigenvalue weighted by Gasteiger charge is 2.22. The van der Waals surface area contributed by atoms with Crippen LogP contribution in [0.15, 0.2) is 63.2 Å². The number of H-pyrrole nitrogens is 1. The highest BCUT2D eigenvalue weighted by atomic mass is 35.5. The Labute approximate surface area is 138 Å². The molecule has 3 aromatic rings. The maximum atomic E-state index is 12.7. The Balaban J connectivity index is 2.21. The van der Waals surface area contributed by atoms with Crippen LogP contribution in [0.5, 0.6) is 0 Å². The van der Waals surface area contributed by atoms with Crippen LogP contribution in [-0.2, 0) is 16.3 Å². The van der Waals surface area contributed by atoms with E-state index in [1.54, 1.807) is 24.3 Å². The molecule has 0 spiro atoms. The number of hydrogen-bond donors (Lipinski definition) is 1. The van der Waals surface area contributed by atoms with Crippen molar-refractivity contribution in [1.29, 1.82) is 0 Å². The smallest absolute Gasteiger partial charge is 0.211 e. The average Bonchev–Trinajstić information content (AvgIpc) is 2.55. The summed E-state index contributed by atoms with van der Waals surface area (Å²) in [6.45, 7) is 1.99. The number of benzene rings is 2. The predicted octanol–water partition coefficient (Wildman–Crippen LogP) is 3.58. The molecule has 1 aromatic heterocycles. The lowest BCUT2D eigenvalue weighted by Gasteiger charge is -2.06. The van der Waals surface area contributed by atoms with Crippen molar-refractivity contribution in [2.75, 3.05) is 0 Å². The first kappa shape index (κ1) is 15.8. The number of halogens is 1. The van der Waals surface area contributed by atoms with Gasteiger partial charge in [0.15, 0.2) is 0 Å². The quantitative estimate of drug-likeness (QED) is 0.787. The van der Waals surface area contributed by atoms with Gasteiger partial charge in [-0.1, -0.05) is 30.7 Å². The number of rotatable bonds is 3. The highest BCUT2D eigenvalue weighted by Crippen LogP contribution is 2.21. The topological polar surface area (TPSA) is 67.0 Å². The van der Waals surface area contributed by atoms with Crippen LogP contribution in [0.1, 0.15) is 12.5 Å². The van der Waals surface area contributed by atoms with Crippen LogP contribution in [0, 0.1) is 0 Å². The fraction of sp³-hybridized carbons (Fsp3) is 0.118. The number of hydrogen-bond acceptors (Lipinski definition) is 3. The zero-order valence-corrected chi connectivity index (χ0v) is 13.9. The van der Waals surface area contributed by atoms with Gasteiger partial charge < -0.3 is 4.98 Å². The number of aromatic amines is 1. The van der Waals surface area contributed by atoms with E-state index in [2.05, 4.69) is 4.98 Å². The van der Waals surface area contributed by atoms with Crippen LogP contribution in [-0.4, -0.2) is 13.4 Å². The van der Waals surface area contributed by atoms with Crippen molar-refractivity contribution in [3.8, 4) is 0 Å². The van der Waals surface area contributed by atoms with Crippen LogP contribution in [0.2, 0.25) is 5.02 Å². The van der Waals surface area contributed by atoms with Crippen LogP contribution >= 0.6 is 11.6 Å². The number of sulfone groups is 1. The predicted molar refractivity (Wildman–Crippen MR) is 90.9 cm³/mol. The van der Waals surface area contributed by atoms with Gasteiger partial charge in [0.05, 0.1) is 4.90 Å². The molecule has 118 valence electrons. The third kappa shape index (κ3) is 2.78. The second-order valence-electron chi connectivity index (χ2n) is 5.17. The molecular weight excluding hydrogens is 334 g/mol. The molecule has 0 aliphatic rings. The third-order valence-corrected chi connectivity index (χ3v) is 5.75. The molecule has 1 heterocycles. The summed E-state index contributed by atoms with van der Waals surface area (Å²) >= 11 is 5.91.